The lowest BCUT2D eigenvalue weighted by atomic mass is 10.1. The predicted molar refractivity (Wildman–Crippen MR) is 121 cm³/mol. The molecule has 0 saturated carbocycles. The lowest BCUT2D eigenvalue weighted by Crippen LogP contribution is -2.33. The van der Waals surface area contributed by atoms with Gasteiger partial charge in [-0.05, 0) is 43.5 Å². The van der Waals surface area contributed by atoms with E-state index in [2.05, 4.69) is 16.9 Å². The Hall–Kier alpha value is -2.86. The minimum absolute atomic E-state index is 0.0949. The second-order valence-electron chi connectivity index (χ2n) is 7.04. The number of aryl methyl sites for hydroxylation is 3. The maximum Gasteiger partial charge on any atom is 0.242 e. The summed E-state index contributed by atoms with van der Waals surface area (Å²) in [5.74, 6) is -0.289. The predicted octanol–water partition coefficient (Wildman–Crippen LogP) is 4.76. The quantitative estimate of drug-likeness (QED) is 0.703. The van der Waals surface area contributed by atoms with E-state index < -0.39 is 5.25 Å². The third-order valence-corrected chi connectivity index (χ3v) is 5.95. The number of aliphatic imine (C=N–C) groups is 1. The molecular formula is C23H25N3O2S. The molecule has 0 spiro atoms. The molecule has 29 heavy (non-hydrogen) atoms. The van der Waals surface area contributed by atoms with Gasteiger partial charge in [0, 0.05) is 18.7 Å². The summed E-state index contributed by atoms with van der Waals surface area (Å²) in [5, 5.41) is 3.07. The second kappa shape index (κ2) is 9.09. The normalized spacial score (nSPS) is 17.6. The van der Waals surface area contributed by atoms with Gasteiger partial charge in [0.25, 0.3) is 0 Å². The van der Waals surface area contributed by atoms with E-state index in [0.717, 1.165) is 28.1 Å². The Balaban J connectivity index is 1.78. The largest absolute Gasteiger partial charge is 0.326 e. The molecule has 1 atom stereocenters. The third-order valence-electron chi connectivity index (χ3n) is 4.78. The first-order valence-corrected chi connectivity index (χ1v) is 10.4. The van der Waals surface area contributed by atoms with Crippen LogP contribution in [0, 0.1) is 20.8 Å². The zero-order valence-electron chi connectivity index (χ0n) is 16.9. The van der Waals surface area contributed by atoms with Crippen LogP contribution in [0.5, 0.6) is 0 Å². The van der Waals surface area contributed by atoms with E-state index >= 15 is 0 Å². The topological polar surface area (TPSA) is 61.8 Å². The summed E-state index contributed by atoms with van der Waals surface area (Å²) in [6.45, 7) is 10.00. The van der Waals surface area contributed by atoms with E-state index in [1.165, 1.54) is 11.8 Å². The Morgan fingerprint density at radius 2 is 1.79 bits per heavy atom. The highest BCUT2D eigenvalue weighted by molar-refractivity contribution is 8.15. The molecule has 1 fully saturated rings. The molecule has 6 heteroatoms. The number of rotatable bonds is 6. The molecule has 0 bridgehead atoms. The molecule has 2 aromatic carbocycles. The summed E-state index contributed by atoms with van der Waals surface area (Å²) in [6, 6.07) is 13.6. The molecule has 150 valence electrons. The van der Waals surface area contributed by atoms with Gasteiger partial charge in [0.05, 0.1) is 5.69 Å². The van der Waals surface area contributed by atoms with Gasteiger partial charge in [-0.3, -0.25) is 14.5 Å². The lowest BCUT2D eigenvalue weighted by molar-refractivity contribution is -0.127. The summed E-state index contributed by atoms with van der Waals surface area (Å²) in [6.07, 6.45) is 1.77. The van der Waals surface area contributed by atoms with Crippen LogP contribution in [-0.2, 0) is 9.59 Å². The smallest absolute Gasteiger partial charge is 0.242 e. The summed E-state index contributed by atoms with van der Waals surface area (Å²) >= 11 is 1.34. The first-order chi connectivity index (χ1) is 13.9. The van der Waals surface area contributed by atoms with Crippen molar-refractivity contribution >= 4 is 40.1 Å². The fourth-order valence-electron chi connectivity index (χ4n) is 3.18. The maximum absolute atomic E-state index is 12.9. The van der Waals surface area contributed by atoms with Crippen molar-refractivity contribution < 1.29 is 9.59 Å². The van der Waals surface area contributed by atoms with Crippen molar-refractivity contribution in [2.24, 2.45) is 4.99 Å². The molecule has 3 rings (SSSR count). The van der Waals surface area contributed by atoms with E-state index in [0.29, 0.717) is 11.7 Å². The summed E-state index contributed by atoms with van der Waals surface area (Å²) in [5.41, 5.74) is 4.66. The van der Waals surface area contributed by atoms with Crippen molar-refractivity contribution in [3.63, 3.8) is 0 Å². The number of carbonyl (C=O) groups excluding carboxylic acids is 2. The number of thioether (sulfide) groups is 1. The average molecular weight is 408 g/mol. The van der Waals surface area contributed by atoms with Crippen molar-refractivity contribution in [1.82, 2.24) is 4.90 Å². The van der Waals surface area contributed by atoms with Gasteiger partial charge in [0.1, 0.15) is 5.25 Å². The molecule has 1 aliphatic heterocycles. The fourth-order valence-corrected chi connectivity index (χ4v) is 4.34. The first kappa shape index (κ1) is 20.9. The van der Waals surface area contributed by atoms with Crippen molar-refractivity contribution in [1.29, 1.82) is 0 Å². The van der Waals surface area contributed by atoms with Crippen molar-refractivity contribution in [2.75, 3.05) is 11.9 Å². The standard InChI is InChI=1S/C23H25N3O2S/c1-5-13-26-22(28)19(29-23(26)24-18-12-7-6-9-15(18)2)14-20(27)25-21-16(3)10-8-11-17(21)4/h5-12,19H,1,13-14H2,2-4H3,(H,25,27)/t19-/m0/s1. The molecule has 5 nitrogen and oxygen atoms in total. The van der Waals surface area contributed by atoms with Crippen molar-refractivity contribution in [2.45, 2.75) is 32.4 Å². The Morgan fingerprint density at radius 1 is 1.14 bits per heavy atom. The maximum atomic E-state index is 12.9. The Kier molecular flexibility index (Phi) is 6.54. The Bertz CT molecular complexity index is 964. The summed E-state index contributed by atoms with van der Waals surface area (Å²) in [4.78, 5) is 31.8. The minimum Gasteiger partial charge on any atom is -0.326 e. The zero-order chi connectivity index (χ0) is 21.0. The average Bonchev–Trinajstić information content (AvgIpc) is 2.96. The highest BCUT2D eigenvalue weighted by atomic mass is 32.2. The van der Waals surface area contributed by atoms with Crippen LogP contribution >= 0.6 is 11.8 Å². The number of nitrogens with zero attached hydrogens (tertiary/aromatic N) is 2. The van der Waals surface area contributed by atoms with Gasteiger partial charge >= 0.3 is 0 Å². The number of anilines is 1. The Labute approximate surface area is 175 Å². The number of hydrogen-bond donors (Lipinski definition) is 1. The molecule has 0 aliphatic carbocycles. The monoisotopic (exact) mass is 407 g/mol. The number of hydrogen-bond acceptors (Lipinski definition) is 4. The third kappa shape index (κ3) is 4.77. The van der Waals surface area contributed by atoms with Crippen molar-refractivity contribution in [3.8, 4) is 0 Å². The van der Waals surface area contributed by atoms with Gasteiger partial charge in [-0.2, -0.15) is 0 Å². The van der Waals surface area contributed by atoms with Crippen LogP contribution in [-0.4, -0.2) is 33.7 Å². The number of carbonyl (C=O) groups is 2. The molecule has 1 aliphatic rings. The van der Waals surface area contributed by atoms with Crippen LogP contribution in [0.25, 0.3) is 0 Å². The molecule has 0 unspecified atom stereocenters. The van der Waals surface area contributed by atoms with Gasteiger partial charge in [0.15, 0.2) is 5.17 Å². The van der Waals surface area contributed by atoms with Gasteiger partial charge in [-0.15, -0.1) is 6.58 Å². The molecule has 1 heterocycles. The van der Waals surface area contributed by atoms with Crippen LogP contribution in [0.4, 0.5) is 11.4 Å². The SMILES string of the molecule is C=CCN1C(=O)[C@H](CC(=O)Nc2c(C)cccc2C)SC1=Nc1ccccc1C. The van der Waals surface area contributed by atoms with E-state index in [-0.39, 0.29) is 18.2 Å². The number of amides is 2. The molecule has 0 aromatic heterocycles. The van der Waals surface area contributed by atoms with E-state index in [4.69, 9.17) is 0 Å². The molecular weight excluding hydrogens is 382 g/mol. The highest BCUT2D eigenvalue weighted by Crippen LogP contribution is 2.32. The number of nitrogens with one attached hydrogen (secondary N) is 1. The zero-order valence-corrected chi connectivity index (χ0v) is 17.8. The summed E-state index contributed by atoms with van der Waals surface area (Å²) < 4.78 is 0. The van der Waals surface area contributed by atoms with Crippen LogP contribution in [0.2, 0.25) is 0 Å². The van der Waals surface area contributed by atoms with Crippen LogP contribution < -0.4 is 5.32 Å². The lowest BCUT2D eigenvalue weighted by Gasteiger charge is -2.14. The minimum atomic E-state index is -0.498. The summed E-state index contributed by atoms with van der Waals surface area (Å²) in [7, 11) is 0. The van der Waals surface area contributed by atoms with Gasteiger partial charge in [-0.25, -0.2) is 4.99 Å². The number of para-hydroxylation sites is 2. The van der Waals surface area contributed by atoms with Crippen molar-refractivity contribution in [3.05, 3.63) is 71.8 Å². The van der Waals surface area contributed by atoms with E-state index in [1.807, 2.05) is 63.2 Å². The molecule has 1 N–H and O–H groups in total. The number of amidine groups is 1. The first-order valence-electron chi connectivity index (χ1n) is 9.50. The number of benzene rings is 2. The molecule has 0 radical (unpaired) electrons. The Morgan fingerprint density at radius 3 is 2.45 bits per heavy atom. The molecule has 2 amide bonds. The van der Waals surface area contributed by atoms with Gasteiger partial charge in [-0.1, -0.05) is 54.2 Å². The fraction of sp³-hybridized carbons (Fsp3) is 0.261. The van der Waals surface area contributed by atoms with Crippen LogP contribution in [0.1, 0.15) is 23.1 Å². The van der Waals surface area contributed by atoms with Crippen LogP contribution in [0.15, 0.2) is 60.1 Å². The highest BCUT2D eigenvalue weighted by Gasteiger charge is 2.38. The van der Waals surface area contributed by atoms with E-state index in [9.17, 15) is 9.59 Å². The second-order valence-corrected chi connectivity index (χ2v) is 8.21. The molecule has 2 aromatic rings. The van der Waals surface area contributed by atoms with Gasteiger partial charge < -0.3 is 5.32 Å². The van der Waals surface area contributed by atoms with Gasteiger partial charge in [0.2, 0.25) is 11.8 Å². The molecule has 1 saturated heterocycles. The van der Waals surface area contributed by atoms with E-state index in [1.54, 1.807) is 11.0 Å². The van der Waals surface area contributed by atoms with Crippen LogP contribution in [0.3, 0.4) is 0 Å².